The summed E-state index contributed by atoms with van der Waals surface area (Å²) in [6.45, 7) is 3.31. The van der Waals surface area contributed by atoms with Crippen LogP contribution in [0, 0.1) is 0 Å². The minimum absolute atomic E-state index is 0.238. The molecular weight excluding hydrogens is 204 g/mol. The van der Waals surface area contributed by atoms with Crippen molar-refractivity contribution in [3.63, 3.8) is 0 Å². The van der Waals surface area contributed by atoms with Gasteiger partial charge in [-0.25, -0.2) is 0 Å². The highest BCUT2D eigenvalue weighted by Crippen LogP contribution is 2.43. The zero-order valence-corrected chi connectivity index (χ0v) is 9.10. The molecule has 14 heavy (non-hydrogen) atoms. The zero-order valence-electron chi connectivity index (χ0n) is 8.28. The predicted octanol–water partition coefficient (Wildman–Crippen LogP) is 0.723. The molecule has 0 aliphatic carbocycles. The van der Waals surface area contributed by atoms with E-state index in [4.69, 9.17) is 4.74 Å². The van der Waals surface area contributed by atoms with E-state index in [1.807, 2.05) is 0 Å². The van der Waals surface area contributed by atoms with Gasteiger partial charge in [0.25, 0.3) is 0 Å². The van der Waals surface area contributed by atoms with Gasteiger partial charge in [-0.3, -0.25) is 9.59 Å². The molecule has 80 valence electrons. The van der Waals surface area contributed by atoms with Gasteiger partial charge in [-0.05, 0) is 26.7 Å². The summed E-state index contributed by atoms with van der Waals surface area (Å²) in [6.07, 6.45) is 0.829. The number of ether oxygens (including phenoxy) is 1. The van der Waals surface area contributed by atoms with Gasteiger partial charge in [0.15, 0.2) is 10.5 Å². The molecule has 1 heterocycles. The van der Waals surface area contributed by atoms with Gasteiger partial charge < -0.3 is 9.84 Å². The number of aliphatic hydroxyl groups is 1. The Kier molecular flexibility index (Phi) is 3.55. The van der Waals surface area contributed by atoms with Crippen LogP contribution in [0.4, 0.5) is 0 Å². The number of carbonyl (C=O) groups is 2. The van der Waals surface area contributed by atoms with Crippen molar-refractivity contribution in [2.45, 2.75) is 36.9 Å². The Morgan fingerprint density at radius 2 is 2.29 bits per heavy atom. The number of Topliss-reactive ketones (excluding diaryl/α,β-unsaturated/α-hetero) is 1. The molecule has 1 aliphatic rings. The fraction of sp³-hybridized carbons (Fsp3) is 0.778. The standard InChI is InChI=1S/C9H14O4S/c1-3-13-8(12)9(6(2)10)5-4-7(11)14-9/h7,11H,3-5H2,1-2H3. The van der Waals surface area contributed by atoms with E-state index in [9.17, 15) is 14.7 Å². The number of thioether (sulfide) groups is 1. The Morgan fingerprint density at radius 3 is 2.64 bits per heavy atom. The van der Waals surface area contributed by atoms with E-state index >= 15 is 0 Å². The highest BCUT2D eigenvalue weighted by Gasteiger charge is 2.51. The summed E-state index contributed by atoms with van der Waals surface area (Å²) < 4.78 is 3.69. The first-order valence-corrected chi connectivity index (χ1v) is 5.45. The summed E-state index contributed by atoms with van der Waals surface area (Å²) in [6, 6.07) is 0. The molecule has 0 aromatic carbocycles. The zero-order chi connectivity index (χ0) is 10.8. The summed E-state index contributed by atoms with van der Waals surface area (Å²) in [5.41, 5.74) is -0.636. The van der Waals surface area contributed by atoms with Gasteiger partial charge in [0.05, 0.1) is 6.61 Å². The summed E-state index contributed by atoms with van der Waals surface area (Å²) in [5, 5.41) is 9.33. The summed E-state index contributed by atoms with van der Waals surface area (Å²) in [4.78, 5) is 23.0. The molecule has 1 aliphatic heterocycles. The van der Waals surface area contributed by atoms with Gasteiger partial charge in [-0.2, -0.15) is 0 Å². The van der Waals surface area contributed by atoms with Crippen LogP contribution in [0.2, 0.25) is 0 Å². The van der Waals surface area contributed by atoms with Gasteiger partial charge in [0, 0.05) is 0 Å². The number of esters is 1. The second-order valence-corrected chi connectivity index (χ2v) is 4.69. The topological polar surface area (TPSA) is 63.6 Å². The Bertz CT molecular complexity index is 253. The SMILES string of the molecule is CCOC(=O)C1(C(C)=O)CCC(O)S1. The number of hydrogen-bond acceptors (Lipinski definition) is 5. The van der Waals surface area contributed by atoms with Gasteiger partial charge in [0.2, 0.25) is 0 Å². The molecule has 0 spiro atoms. The number of rotatable bonds is 3. The van der Waals surface area contributed by atoms with Crippen LogP contribution in [0.3, 0.4) is 0 Å². The predicted molar refractivity (Wildman–Crippen MR) is 52.9 cm³/mol. The fourth-order valence-electron chi connectivity index (χ4n) is 1.48. The highest BCUT2D eigenvalue weighted by atomic mass is 32.2. The molecule has 5 heteroatoms. The first kappa shape index (κ1) is 11.5. The quantitative estimate of drug-likeness (QED) is 0.558. The van der Waals surface area contributed by atoms with Crippen molar-refractivity contribution in [3.05, 3.63) is 0 Å². The van der Waals surface area contributed by atoms with E-state index < -0.39 is 16.2 Å². The lowest BCUT2D eigenvalue weighted by Crippen LogP contribution is -2.41. The minimum atomic E-state index is -1.16. The summed E-state index contributed by atoms with van der Waals surface area (Å²) in [7, 11) is 0. The Labute approximate surface area is 87.0 Å². The molecule has 1 saturated heterocycles. The Morgan fingerprint density at radius 1 is 1.64 bits per heavy atom. The van der Waals surface area contributed by atoms with Crippen molar-refractivity contribution in [1.82, 2.24) is 0 Å². The van der Waals surface area contributed by atoms with Crippen molar-refractivity contribution >= 4 is 23.5 Å². The van der Waals surface area contributed by atoms with Gasteiger partial charge >= 0.3 is 5.97 Å². The van der Waals surface area contributed by atoms with E-state index in [0.29, 0.717) is 12.8 Å². The van der Waals surface area contributed by atoms with Crippen molar-refractivity contribution in [1.29, 1.82) is 0 Å². The van der Waals surface area contributed by atoms with Crippen molar-refractivity contribution in [2.75, 3.05) is 6.61 Å². The van der Waals surface area contributed by atoms with Crippen molar-refractivity contribution < 1.29 is 19.4 Å². The van der Waals surface area contributed by atoms with Crippen LogP contribution in [0.1, 0.15) is 26.7 Å². The van der Waals surface area contributed by atoms with E-state index in [-0.39, 0.29) is 12.4 Å². The molecule has 0 bridgehead atoms. The van der Waals surface area contributed by atoms with Crippen LogP contribution in [-0.4, -0.2) is 33.6 Å². The van der Waals surface area contributed by atoms with Crippen LogP contribution in [0.15, 0.2) is 0 Å². The molecule has 1 N–H and O–H groups in total. The number of ketones is 1. The minimum Gasteiger partial charge on any atom is -0.465 e. The Balaban J connectivity index is 2.83. The van der Waals surface area contributed by atoms with E-state index in [0.717, 1.165) is 11.8 Å². The van der Waals surface area contributed by atoms with Crippen LogP contribution in [-0.2, 0) is 14.3 Å². The molecule has 0 radical (unpaired) electrons. The fourth-order valence-corrected chi connectivity index (χ4v) is 2.73. The molecule has 0 saturated carbocycles. The van der Waals surface area contributed by atoms with E-state index in [2.05, 4.69) is 0 Å². The molecule has 2 atom stereocenters. The highest BCUT2D eigenvalue weighted by molar-refractivity contribution is 8.02. The molecule has 4 nitrogen and oxygen atoms in total. The van der Waals surface area contributed by atoms with Crippen LogP contribution in [0.25, 0.3) is 0 Å². The van der Waals surface area contributed by atoms with Gasteiger partial charge in [-0.1, -0.05) is 0 Å². The average Bonchev–Trinajstić information content (AvgIpc) is 2.49. The van der Waals surface area contributed by atoms with Crippen molar-refractivity contribution in [3.8, 4) is 0 Å². The average molecular weight is 218 g/mol. The maximum absolute atomic E-state index is 11.6. The monoisotopic (exact) mass is 218 g/mol. The maximum atomic E-state index is 11.6. The molecule has 1 rings (SSSR count). The lowest BCUT2D eigenvalue weighted by Gasteiger charge is -2.22. The second-order valence-electron chi connectivity index (χ2n) is 3.21. The molecular formula is C9H14O4S. The third-order valence-electron chi connectivity index (χ3n) is 2.25. The summed E-state index contributed by atoms with van der Waals surface area (Å²) in [5.74, 6) is -0.758. The lowest BCUT2D eigenvalue weighted by atomic mass is 9.99. The maximum Gasteiger partial charge on any atom is 0.329 e. The van der Waals surface area contributed by atoms with Crippen LogP contribution >= 0.6 is 11.8 Å². The molecule has 1 fully saturated rings. The van der Waals surface area contributed by atoms with Gasteiger partial charge in [-0.15, -0.1) is 11.8 Å². The van der Waals surface area contributed by atoms with Gasteiger partial charge in [0.1, 0.15) is 5.44 Å². The Hall–Kier alpha value is -0.550. The van der Waals surface area contributed by atoms with Crippen LogP contribution in [0.5, 0.6) is 0 Å². The van der Waals surface area contributed by atoms with Crippen molar-refractivity contribution in [2.24, 2.45) is 0 Å². The molecule has 0 amide bonds. The normalized spacial score (nSPS) is 31.5. The lowest BCUT2D eigenvalue weighted by molar-refractivity contribution is -0.148. The number of hydrogen-bond donors (Lipinski definition) is 1. The van der Waals surface area contributed by atoms with E-state index in [1.54, 1.807) is 6.92 Å². The summed E-state index contributed by atoms with van der Waals surface area (Å²) >= 11 is 1.00. The van der Waals surface area contributed by atoms with E-state index in [1.165, 1.54) is 6.92 Å². The molecule has 2 unspecified atom stereocenters. The third kappa shape index (κ3) is 1.93. The van der Waals surface area contributed by atoms with Crippen LogP contribution < -0.4 is 0 Å². The molecule has 0 aromatic heterocycles. The first-order chi connectivity index (χ1) is 6.53. The number of aliphatic hydroxyl groups excluding tert-OH is 1. The third-order valence-corrected chi connectivity index (χ3v) is 3.82. The molecule has 0 aromatic rings. The smallest absolute Gasteiger partial charge is 0.329 e. The number of carbonyl (C=O) groups excluding carboxylic acids is 2. The second kappa shape index (κ2) is 4.31. The largest absolute Gasteiger partial charge is 0.465 e. The first-order valence-electron chi connectivity index (χ1n) is 4.57.